The SMILES string of the molecule is C[C@H](CC#N)OC(=O)c1ccc2c(=O)n(C)c(=S)[nH]c2c1. The van der Waals surface area contributed by atoms with Crippen LogP contribution in [0.5, 0.6) is 0 Å². The molecule has 2 rings (SSSR count). The van der Waals surface area contributed by atoms with Gasteiger partial charge >= 0.3 is 5.97 Å². The second kappa shape index (κ2) is 5.89. The molecule has 1 atom stereocenters. The Morgan fingerprint density at radius 1 is 1.57 bits per heavy atom. The molecule has 1 aromatic carbocycles. The Bertz CT molecular complexity index is 860. The average molecular weight is 303 g/mol. The summed E-state index contributed by atoms with van der Waals surface area (Å²) in [5.74, 6) is -0.542. The van der Waals surface area contributed by atoms with Gasteiger partial charge in [-0.05, 0) is 37.3 Å². The van der Waals surface area contributed by atoms with Crippen LogP contribution in [0.3, 0.4) is 0 Å². The molecule has 0 spiro atoms. The van der Waals surface area contributed by atoms with Crippen molar-refractivity contribution < 1.29 is 9.53 Å². The number of carbonyl (C=O) groups is 1. The highest BCUT2D eigenvalue weighted by molar-refractivity contribution is 7.71. The number of nitriles is 1. The fourth-order valence-electron chi connectivity index (χ4n) is 1.85. The second-order valence-corrected chi connectivity index (χ2v) is 5.02. The largest absolute Gasteiger partial charge is 0.458 e. The first-order valence-corrected chi connectivity index (χ1v) is 6.66. The Labute approximate surface area is 125 Å². The quantitative estimate of drug-likeness (QED) is 0.692. The van der Waals surface area contributed by atoms with Gasteiger partial charge in [-0.2, -0.15) is 5.26 Å². The molecule has 1 aromatic heterocycles. The van der Waals surface area contributed by atoms with Crippen LogP contribution in [-0.4, -0.2) is 21.6 Å². The maximum absolute atomic E-state index is 12.0. The molecule has 0 aliphatic carbocycles. The summed E-state index contributed by atoms with van der Waals surface area (Å²) in [6.45, 7) is 1.64. The predicted molar refractivity (Wildman–Crippen MR) is 79.5 cm³/mol. The van der Waals surface area contributed by atoms with Crippen LogP contribution in [0.25, 0.3) is 10.9 Å². The molecule has 0 radical (unpaired) electrons. The van der Waals surface area contributed by atoms with Crippen molar-refractivity contribution in [2.45, 2.75) is 19.4 Å². The first kappa shape index (κ1) is 14.9. The lowest BCUT2D eigenvalue weighted by molar-refractivity contribution is 0.0351. The lowest BCUT2D eigenvalue weighted by Gasteiger charge is -2.10. The minimum Gasteiger partial charge on any atom is -0.458 e. The molecule has 2 aromatic rings. The van der Waals surface area contributed by atoms with E-state index in [0.29, 0.717) is 16.5 Å². The molecular formula is C14H13N3O3S. The minimum absolute atomic E-state index is 0.127. The molecule has 7 heteroatoms. The number of esters is 1. The second-order valence-electron chi connectivity index (χ2n) is 4.63. The molecule has 108 valence electrons. The predicted octanol–water partition coefficient (Wildman–Crippen LogP) is 2.06. The van der Waals surface area contributed by atoms with Crippen LogP contribution in [0.15, 0.2) is 23.0 Å². The summed E-state index contributed by atoms with van der Waals surface area (Å²) in [7, 11) is 1.58. The number of rotatable bonds is 3. The van der Waals surface area contributed by atoms with Gasteiger partial charge < -0.3 is 9.72 Å². The number of aromatic nitrogens is 2. The molecular weight excluding hydrogens is 290 g/mol. The Balaban J connectivity index is 2.42. The van der Waals surface area contributed by atoms with Crippen molar-refractivity contribution in [1.29, 1.82) is 5.26 Å². The Morgan fingerprint density at radius 2 is 2.29 bits per heavy atom. The molecule has 0 aliphatic heterocycles. The van der Waals surface area contributed by atoms with E-state index in [0.717, 1.165) is 0 Å². The third kappa shape index (κ3) is 3.01. The minimum atomic E-state index is -0.542. The van der Waals surface area contributed by atoms with Crippen LogP contribution in [-0.2, 0) is 11.8 Å². The van der Waals surface area contributed by atoms with Crippen molar-refractivity contribution in [3.05, 3.63) is 38.9 Å². The van der Waals surface area contributed by atoms with E-state index in [1.807, 2.05) is 6.07 Å². The van der Waals surface area contributed by atoms with Gasteiger partial charge in [0.2, 0.25) is 0 Å². The maximum Gasteiger partial charge on any atom is 0.338 e. The normalized spacial score (nSPS) is 11.9. The van der Waals surface area contributed by atoms with Crippen molar-refractivity contribution >= 4 is 29.1 Å². The van der Waals surface area contributed by atoms with E-state index >= 15 is 0 Å². The number of nitrogens with one attached hydrogen (secondary N) is 1. The Morgan fingerprint density at radius 3 is 2.95 bits per heavy atom. The number of ether oxygens (including phenoxy) is 1. The molecule has 0 amide bonds. The molecule has 0 fully saturated rings. The number of fused-ring (bicyclic) bond motifs is 1. The number of aromatic amines is 1. The summed E-state index contributed by atoms with van der Waals surface area (Å²) in [5.41, 5.74) is 0.545. The van der Waals surface area contributed by atoms with Gasteiger partial charge in [-0.3, -0.25) is 9.36 Å². The number of nitrogens with zero attached hydrogens (tertiary/aromatic N) is 2. The van der Waals surface area contributed by atoms with Gasteiger partial charge in [-0.1, -0.05) is 0 Å². The van der Waals surface area contributed by atoms with Gasteiger partial charge in [-0.25, -0.2) is 4.79 Å². The van der Waals surface area contributed by atoms with E-state index in [1.165, 1.54) is 16.7 Å². The van der Waals surface area contributed by atoms with Crippen LogP contribution in [0.2, 0.25) is 0 Å². The summed E-state index contributed by atoms with van der Waals surface area (Å²) in [6.07, 6.45) is -0.359. The summed E-state index contributed by atoms with van der Waals surface area (Å²) in [6, 6.07) is 6.52. The number of hydrogen-bond donors (Lipinski definition) is 1. The van der Waals surface area contributed by atoms with Crippen molar-refractivity contribution in [1.82, 2.24) is 9.55 Å². The molecule has 0 unspecified atom stereocenters. The molecule has 0 bridgehead atoms. The average Bonchev–Trinajstić information content (AvgIpc) is 2.44. The smallest absolute Gasteiger partial charge is 0.338 e. The van der Waals surface area contributed by atoms with Crippen molar-refractivity contribution in [3.63, 3.8) is 0 Å². The first-order valence-electron chi connectivity index (χ1n) is 6.25. The van der Waals surface area contributed by atoms with Gasteiger partial charge in [0.1, 0.15) is 6.10 Å². The highest BCUT2D eigenvalue weighted by Crippen LogP contribution is 2.13. The van der Waals surface area contributed by atoms with Crippen LogP contribution < -0.4 is 5.56 Å². The van der Waals surface area contributed by atoms with Crippen molar-refractivity contribution in [2.75, 3.05) is 0 Å². The number of hydrogen-bond acceptors (Lipinski definition) is 5. The molecule has 6 nitrogen and oxygen atoms in total. The standard InChI is InChI=1S/C14H13N3O3S/c1-8(5-6-15)20-13(19)9-3-4-10-11(7-9)16-14(21)17(2)12(10)18/h3-4,7-8H,5H2,1-2H3,(H,16,21)/t8-/m1/s1. The highest BCUT2D eigenvalue weighted by Gasteiger charge is 2.13. The van der Waals surface area contributed by atoms with Gasteiger partial charge in [0.05, 0.1) is 29.0 Å². The van der Waals surface area contributed by atoms with E-state index in [1.54, 1.807) is 20.0 Å². The van der Waals surface area contributed by atoms with Crippen LogP contribution in [0.4, 0.5) is 0 Å². The molecule has 0 aliphatic rings. The summed E-state index contributed by atoms with van der Waals surface area (Å²) < 4.78 is 6.72. The van der Waals surface area contributed by atoms with E-state index < -0.39 is 12.1 Å². The molecule has 1 heterocycles. The van der Waals surface area contributed by atoms with Crippen molar-refractivity contribution in [2.24, 2.45) is 7.05 Å². The molecule has 21 heavy (non-hydrogen) atoms. The fourth-order valence-corrected chi connectivity index (χ4v) is 2.05. The Kier molecular flexibility index (Phi) is 4.19. The number of benzene rings is 1. The first-order chi connectivity index (χ1) is 9.93. The van der Waals surface area contributed by atoms with Crippen LogP contribution in [0, 0.1) is 16.1 Å². The fraction of sp³-hybridized carbons (Fsp3) is 0.286. The van der Waals surface area contributed by atoms with E-state index in [-0.39, 0.29) is 16.8 Å². The summed E-state index contributed by atoms with van der Waals surface area (Å²) >= 11 is 5.04. The molecule has 1 N–H and O–H groups in total. The van der Waals surface area contributed by atoms with Crippen molar-refractivity contribution in [3.8, 4) is 6.07 Å². The lowest BCUT2D eigenvalue weighted by atomic mass is 10.1. The highest BCUT2D eigenvalue weighted by atomic mass is 32.1. The van der Waals surface area contributed by atoms with Gasteiger partial charge in [0, 0.05) is 7.05 Å². The topological polar surface area (TPSA) is 87.9 Å². The molecule has 0 saturated carbocycles. The zero-order valence-corrected chi connectivity index (χ0v) is 12.4. The number of carbonyl (C=O) groups excluding carboxylic acids is 1. The lowest BCUT2D eigenvalue weighted by Crippen LogP contribution is -2.19. The summed E-state index contributed by atoms with van der Waals surface area (Å²) in [4.78, 5) is 26.9. The van der Waals surface area contributed by atoms with Gasteiger partial charge in [0.15, 0.2) is 4.77 Å². The monoisotopic (exact) mass is 303 g/mol. The maximum atomic E-state index is 12.0. The van der Waals surface area contributed by atoms with Crippen LogP contribution in [0.1, 0.15) is 23.7 Å². The van der Waals surface area contributed by atoms with Gasteiger partial charge in [0.25, 0.3) is 5.56 Å². The third-order valence-corrected chi connectivity index (χ3v) is 3.40. The van der Waals surface area contributed by atoms with E-state index in [9.17, 15) is 9.59 Å². The zero-order valence-electron chi connectivity index (χ0n) is 11.5. The third-order valence-electron chi connectivity index (χ3n) is 3.02. The number of H-pyrrole nitrogens is 1. The zero-order chi connectivity index (χ0) is 15.6. The van der Waals surface area contributed by atoms with Crippen LogP contribution >= 0.6 is 12.2 Å². The summed E-state index contributed by atoms with van der Waals surface area (Å²) in [5, 5.41) is 8.99. The van der Waals surface area contributed by atoms with Gasteiger partial charge in [-0.15, -0.1) is 0 Å². The van der Waals surface area contributed by atoms with E-state index in [2.05, 4.69) is 4.98 Å². The Hall–Kier alpha value is -2.46. The van der Waals surface area contributed by atoms with E-state index in [4.69, 9.17) is 22.2 Å². The molecule has 0 saturated heterocycles.